The van der Waals surface area contributed by atoms with Gasteiger partial charge in [0.25, 0.3) is 0 Å². The monoisotopic (exact) mass is 382 g/mol. The lowest BCUT2D eigenvalue weighted by molar-refractivity contribution is 0.0525. The third-order valence-electron chi connectivity index (χ3n) is 9.43. The maximum absolute atomic E-state index is 10.1. The topological polar surface area (TPSA) is 20.2 Å². The number of hydrogen-bond donors (Lipinski definition) is 1. The molecule has 0 spiro atoms. The van der Waals surface area contributed by atoms with Gasteiger partial charge in [-0.25, -0.2) is 0 Å². The summed E-state index contributed by atoms with van der Waals surface area (Å²) in [6.07, 6.45) is 18.6. The van der Waals surface area contributed by atoms with E-state index >= 15 is 0 Å². The molecule has 2 saturated carbocycles. The maximum atomic E-state index is 10.1. The second kappa shape index (κ2) is 7.37. The van der Waals surface area contributed by atoms with Gasteiger partial charge in [0.05, 0.1) is 5.76 Å². The number of rotatable bonds is 5. The predicted molar refractivity (Wildman–Crippen MR) is 119 cm³/mol. The smallest absolute Gasteiger partial charge is 0.0923 e. The van der Waals surface area contributed by atoms with Crippen molar-refractivity contribution >= 4 is 0 Å². The number of allylic oxidation sites excluding steroid dienone is 5. The van der Waals surface area contributed by atoms with E-state index in [1.165, 1.54) is 50.5 Å². The summed E-state index contributed by atoms with van der Waals surface area (Å²) >= 11 is 0. The molecular formula is C27H42O. The zero-order chi connectivity index (χ0) is 20.1. The molecule has 0 unspecified atom stereocenters. The van der Waals surface area contributed by atoms with Crippen molar-refractivity contribution < 1.29 is 5.11 Å². The molecule has 0 amide bonds. The number of aliphatic hydroxyl groups is 1. The van der Waals surface area contributed by atoms with Gasteiger partial charge in [0.2, 0.25) is 0 Å². The van der Waals surface area contributed by atoms with Crippen LogP contribution in [0.1, 0.15) is 92.4 Å². The first-order valence-electron chi connectivity index (χ1n) is 12.0. The van der Waals surface area contributed by atoms with Crippen molar-refractivity contribution in [3.05, 3.63) is 35.1 Å². The Balaban J connectivity index is 1.53. The van der Waals surface area contributed by atoms with E-state index < -0.39 is 0 Å². The van der Waals surface area contributed by atoms with Crippen molar-refractivity contribution in [1.29, 1.82) is 0 Å². The molecular weight excluding hydrogens is 340 g/mol. The second-order valence-electron chi connectivity index (χ2n) is 11.5. The standard InChI is InChI=1S/C27H42O/c1-18(2)7-6-8-19(3)23-11-12-24-22-10-9-20-17-21(28)13-15-26(20,4)25(22)14-16-27(23,24)5/h9-10,13,18-19,23-25,28H,6-8,11-12,14-17H2,1-5H3/t19-,23-,24-,25+,26+,27-/m1/s1. The van der Waals surface area contributed by atoms with E-state index in [0.717, 1.165) is 36.5 Å². The molecule has 0 aromatic rings. The summed E-state index contributed by atoms with van der Waals surface area (Å²) in [7, 11) is 0. The third kappa shape index (κ3) is 3.21. The highest BCUT2D eigenvalue weighted by molar-refractivity contribution is 5.41. The van der Waals surface area contributed by atoms with Gasteiger partial charge >= 0.3 is 0 Å². The summed E-state index contributed by atoms with van der Waals surface area (Å²) in [6, 6.07) is 0. The molecule has 0 bridgehead atoms. The van der Waals surface area contributed by atoms with Gasteiger partial charge in [0, 0.05) is 6.42 Å². The molecule has 156 valence electrons. The number of hydrogen-bond acceptors (Lipinski definition) is 1. The Labute approximate surface area is 173 Å². The van der Waals surface area contributed by atoms with E-state index in [1.54, 1.807) is 5.57 Å². The molecule has 0 aromatic carbocycles. The first-order chi connectivity index (χ1) is 13.3. The van der Waals surface area contributed by atoms with Crippen molar-refractivity contribution in [2.24, 2.45) is 40.4 Å². The Morgan fingerprint density at radius 3 is 2.57 bits per heavy atom. The SMILES string of the molecule is CC(C)CCC[C@@H](C)[C@H]1CC[C@@H]2C3=CC=C4CC(O)=CC[C@]4(C)[C@H]3CC[C@@]21C. The van der Waals surface area contributed by atoms with E-state index in [0.29, 0.717) is 17.1 Å². The van der Waals surface area contributed by atoms with Crippen LogP contribution in [0, 0.1) is 40.4 Å². The van der Waals surface area contributed by atoms with Gasteiger partial charge < -0.3 is 5.11 Å². The lowest BCUT2D eigenvalue weighted by Crippen LogP contribution is -2.45. The van der Waals surface area contributed by atoms with Crippen molar-refractivity contribution in [3.8, 4) is 0 Å². The van der Waals surface area contributed by atoms with E-state index in [1.807, 2.05) is 0 Å². The van der Waals surface area contributed by atoms with Crippen LogP contribution in [-0.2, 0) is 0 Å². The summed E-state index contributed by atoms with van der Waals surface area (Å²) in [6.45, 7) is 12.4. The fraction of sp³-hybridized carbons (Fsp3) is 0.778. The van der Waals surface area contributed by atoms with Crippen molar-refractivity contribution in [2.75, 3.05) is 0 Å². The molecule has 4 aliphatic rings. The number of fused-ring (bicyclic) bond motifs is 5. The van der Waals surface area contributed by atoms with Gasteiger partial charge in [-0.3, -0.25) is 0 Å². The lowest BCUT2D eigenvalue weighted by atomic mass is 9.50. The quantitative estimate of drug-likeness (QED) is 0.510. The molecule has 28 heavy (non-hydrogen) atoms. The van der Waals surface area contributed by atoms with E-state index in [-0.39, 0.29) is 5.41 Å². The molecule has 4 rings (SSSR count). The van der Waals surface area contributed by atoms with Gasteiger partial charge in [-0.2, -0.15) is 0 Å². The molecule has 0 saturated heterocycles. The lowest BCUT2D eigenvalue weighted by Gasteiger charge is -2.54. The van der Waals surface area contributed by atoms with Crippen LogP contribution in [-0.4, -0.2) is 5.11 Å². The fourth-order valence-electron chi connectivity index (χ4n) is 7.68. The van der Waals surface area contributed by atoms with Crippen LogP contribution in [0.3, 0.4) is 0 Å². The molecule has 1 nitrogen and oxygen atoms in total. The van der Waals surface area contributed by atoms with E-state index in [9.17, 15) is 5.11 Å². The molecule has 1 heteroatoms. The third-order valence-corrected chi connectivity index (χ3v) is 9.43. The summed E-state index contributed by atoms with van der Waals surface area (Å²) in [5.74, 6) is 4.68. The van der Waals surface area contributed by atoms with Crippen LogP contribution >= 0.6 is 0 Å². The Morgan fingerprint density at radius 2 is 1.82 bits per heavy atom. The molecule has 1 N–H and O–H groups in total. The average molecular weight is 383 g/mol. The highest BCUT2D eigenvalue weighted by atomic mass is 16.3. The molecule has 2 fully saturated rings. The molecule has 6 atom stereocenters. The molecule has 0 heterocycles. The van der Waals surface area contributed by atoms with Crippen LogP contribution in [0.2, 0.25) is 0 Å². The van der Waals surface area contributed by atoms with Crippen molar-refractivity contribution in [1.82, 2.24) is 0 Å². The summed E-state index contributed by atoms with van der Waals surface area (Å²) in [5, 5.41) is 10.1. The molecule has 0 aromatic heterocycles. The number of aliphatic hydroxyl groups excluding tert-OH is 1. The van der Waals surface area contributed by atoms with Gasteiger partial charge in [-0.1, -0.05) is 77.2 Å². The molecule has 0 radical (unpaired) electrons. The van der Waals surface area contributed by atoms with E-state index in [2.05, 4.69) is 52.8 Å². The minimum atomic E-state index is 0.249. The minimum Gasteiger partial charge on any atom is -0.512 e. The highest BCUT2D eigenvalue weighted by Gasteiger charge is 2.56. The zero-order valence-electron chi connectivity index (χ0n) is 18.9. The van der Waals surface area contributed by atoms with Crippen LogP contribution in [0.4, 0.5) is 0 Å². The van der Waals surface area contributed by atoms with Crippen molar-refractivity contribution in [2.45, 2.75) is 92.4 Å². The van der Waals surface area contributed by atoms with Crippen LogP contribution in [0.5, 0.6) is 0 Å². The zero-order valence-corrected chi connectivity index (χ0v) is 18.9. The largest absolute Gasteiger partial charge is 0.512 e. The minimum absolute atomic E-state index is 0.249. The second-order valence-corrected chi connectivity index (χ2v) is 11.5. The van der Waals surface area contributed by atoms with Crippen LogP contribution in [0.25, 0.3) is 0 Å². The normalized spacial score (nSPS) is 40.8. The Morgan fingerprint density at radius 1 is 1.04 bits per heavy atom. The Kier molecular flexibility index (Phi) is 5.34. The Bertz CT molecular complexity index is 695. The average Bonchev–Trinajstić information content (AvgIpc) is 2.99. The molecule has 0 aliphatic heterocycles. The summed E-state index contributed by atoms with van der Waals surface area (Å²) in [4.78, 5) is 0. The molecule has 4 aliphatic carbocycles. The maximum Gasteiger partial charge on any atom is 0.0923 e. The highest BCUT2D eigenvalue weighted by Crippen LogP contribution is 2.65. The van der Waals surface area contributed by atoms with Gasteiger partial charge in [-0.05, 0) is 78.6 Å². The first-order valence-corrected chi connectivity index (χ1v) is 12.0. The fourth-order valence-corrected chi connectivity index (χ4v) is 7.68. The van der Waals surface area contributed by atoms with Gasteiger partial charge in [0.1, 0.15) is 0 Å². The predicted octanol–water partition coefficient (Wildman–Crippen LogP) is 8.00. The van der Waals surface area contributed by atoms with Crippen LogP contribution in [0.15, 0.2) is 35.1 Å². The van der Waals surface area contributed by atoms with Crippen LogP contribution < -0.4 is 0 Å². The Hall–Kier alpha value is -0.980. The summed E-state index contributed by atoms with van der Waals surface area (Å²) in [5.41, 5.74) is 4.00. The van der Waals surface area contributed by atoms with Crippen molar-refractivity contribution in [3.63, 3.8) is 0 Å². The van der Waals surface area contributed by atoms with Gasteiger partial charge in [-0.15, -0.1) is 0 Å². The summed E-state index contributed by atoms with van der Waals surface area (Å²) < 4.78 is 0. The van der Waals surface area contributed by atoms with Gasteiger partial charge in [0.15, 0.2) is 0 Å². The van der Waals surface area contributed by atoms with E-state index in [4.69, 9.17) is 0 Å². The first kappa shape index (κ1) is 20.3.